The van der Waals surface area contributed by atoms with Gasteiger partial charge in [-0.25, -0.2) is 10.9 Å². The zero-order chi connectivity index (χ0) is 22.1. The van der Waals surface area contributed by atoms with Gasteiger partial charge in [0.15, 0.2) is 0 Å². The zero-order valence-electron chi connectivity index (χ0n) is 19.0. The Bertz CT molecular complexity index is 682. The maximum absolute atomic E-state index is 6.26. The van der Waals surface area contributed by atoms with Crippen molar-refractivity contribution in [2.24, 2.45) is 0 Å². The summed E-state index contributed by atoms with van der Waals surface area (Å²) in [6, 6.07) is 20.9. The number of nitrogens with zero attached hydrogens (tertiary/aromatic N) is 2. The maximum Gasteiger partial charge on any atom is 0.150 e. The summed E-state index contributed by atoms with van der Waals surface area (Å²) in [5.41, 5.74) is 9.61. The Morgan fingerprint density at radius 1 is 0.710 bits per heavy atom. The number of ether oxygens (including phenoxy) is 3. The van der Waals surface area contributed by atoms with Gasteiger partial charge in [-0.15, -0.1) is 0 Å². The van der Waals surface area contributed by atoms with Crippen molar-refractivity contribution in [2.45, 2.75) is 37.1 Å². The summed E-state index contributed by atoms with van der Waals surface area (Å²) >= 11 is 0. The van der Waals surface area contributed by atoms with Gasteiger partial charge in [0.2, 0.25) is 0 Å². The monoisotopic (exact) mass is 428 g/mol. The number of hydrogen-bond acceptors (Lipinski definition) is 7. The van der Waals surface area contributed by atoms with Crippen molar-refractivity contribution >= 4 is 0 Å². The lowest BCUT2D eigenvalue weighted by Crippen LogP contribution is -2.60. The summed E-state index contributed by atoms with van der Waals surface area (Å²) in [6.45, 7) is 0.420. The Hall–Kier alpha value is -1.84. The quantitative estimate of drug-likeness (QED) is 0.562. The van der Waals surface area contributed by atoms with Crippen molar-refractivity contribution < 1.29 is 14.2 Å². The Kier molecular flexibility index (Phi) is 9.42. The Morgan fingerprint density at radius 2 is 1.10 bits per heavy atom. The van der Waals surface area contributed by atoms with Crippen molar-refractivity contribution in [3.63, 3.8) is 0 Å². The molecule has 1 aliphatic heterocycles. The van der Waals surface area contributed by atoms with E-state index in [1.807, 2.05) is 50.3 Å². The molecule has 7 heteroatoms. The van der Waals surface area contributed by atoms with Crippen LogP contribution in [0.2, 0.25) is 0 Å². The van der Waals surface area contributed by atoms with Gasteiger partial charge in [-0.1, -0.05) is 60.7 Å². The Labute approximate surface area is 186 Å². The molecule has 0 aromatic heterocycles. The number of hydrogen-bond donors (Lipinski definition) is 2. The smallest absolute Gasteiger partial charge is 0.150 e. The van der Waals surface area contributed by atoms with E-state index in [-0.39, 0.29) is 37.9 Å². The molecule has 4 atom stereocenters. The van der Waals surface area contributed by atoms with Crippen molar-refractivity contribution in [3.8, 4) is 0 Å². The van der Waals surface area contributed by atoms with Gasteiger partial charge < -0.3 is 14.2 Å². The lowest BCUT2D eigenvalue weighted by Gasteiger charge is -2.38. The molecule has 170 valence electrons. The van der Waals surface area contributed by atoms with Gasteiger partial charge in [-0.05, 0) is 24.0 Å². The average Bonchev–Trinajstić information content (AvgIpc) is 3.00. The van der Waals surface area contributed by atoms with Crippen LogP contribution in [-0.2, 0) is 27.1 Å². The molecule has 0 amide bonds. The largest absolute Gasteiger partial charge is 0.348 e. The first-order chi connectivity index (χ1) is 15.0. The van der Waals surface area contributed by atoms with E-state index in [0.717, 1.165) is 12.8 Å². The van der Waals surface area contributed by atoms with Crippen molar-refractivity contribution in [2.75, 3.05) is 41.8 Å². The predicted octanol–water partition coefficient (Wildman–Crippen LogP) is 2.06. The van der Waals surface area contributed by atoms with Gasteiger partial charge in [0.05, 0.1) is 12.1 Å². The molecular formula is C24H36N4O3. The molecule has 0 aliphatic carbocycles. The SMILES string of the molecule is CN(C)NC(Cc1ccccc1)C1OCOCOC1C(Cc1ccccc1)NN(C)C. The highest BCUT2D eigenvalue weighted by Crippen LogP contribution is 2.22. The van der Waals surface area contributed by atoms with Crippen LogP contribution in [-0.4, -0.2) is 76.1 Å². The topological polar surface area (TPSA) is 58.2 Å². The van der Waals surface area contributed by atoms with Crippen LogP contribution >= 0.6 is 0 Å². The minimum absolute atomic E-state index is 0.00587. The Balaban J connectivity index is 1.88. The van der Waals surface area contributed by atoms with Gasteiger partial charge in [-0.2, -0.15) is 0 Å². The van der Waals surface area contributed by atoms with E-state index in [1.165, 1.54) is 11.1 Å². The first-order valence-corrected chi connectivity index (χ1v) is 10.8. The third-order valence-corrected chi connectivity index (χ3v) is 5.25. The third kappa shape index (κ3) is 7.66. The Morgan fingerprint density at radius 3 is 1.45 bits per heavy atom. The first kappa shape index (κ1) is 23.8. The molecule has 7 nitrogen and oxygen atoms in total. The summed E-state index contributed by atoms with van der Waals surface area (Å²) in [7, 11) is 8.00. The molecule has 0 radical (unpaired) electrons. The van der Waals surface area contributed by atoms with Gasteiger partial charge in [0, 0.05) is 28.2 Å². The fourth-order valence-corrected chi connectivity index (χ4v) is 4.04. The van der Waals surface area contributed by atoms with Crippen LogP contribution in [0.15, 0.2) is 60.7 Å². The molecule has 0 saturated carbocycles. The second kappa shape index (κ2) is 12.3. The van der Waals surface area contributed by atoms with Crippen LogP contribution in [0.25, 0.3) is 0 Å². The van der Waals surface area contributed by atoms with Crippen molar-refractivity contribution in [1.82, 2.24) is 20.9 Å². The van der Waals surface area contributed by atoms with Crippen LogP contribution in [0.5, 0.6) is 0 Å². The van der Waals surface area contributed by atoms with E-state index in [4.69, 9.17) is 14.2 Å². The fraction of sp³-hybridized carbons (Fsp3) is 0.500. The minimum Gasteiger partial charge on any atom is -0.348 e. The number of nitrogens with one attached hydrogen (secondary N) is 2. The average molecular weight is 429 g/mol. The van der Waals surface area contributed by atoms with Gasteiger partial charge in [-0.3, -0.25) is 10.0 Å². The molecule has 2 N–H and O–H groups in total. The van der Waals surface area contributed by atoms with Crippen LogP contribution in [0.4, 0.5) is 0 Å². The van der Waals surface area contributed by atoms with E-state index in [9.17, 15) is 0 Å². The summed E-state index contributed by atoms with van der Waals surface area (Å²) in [5.74, 6) is 0. The maximum atomic E-state index is 6.26. The van der Waals surface area contributed by atoms with Crippen LogP contribution in [0.1, 0.15) is 11.1 Å². The van der Waals surface area contributed by atoms with Gasteiger partial charge >= 0.3 is 0 Å². The van der Waals surface area contributed by atoms with Crippen LogP contribution in [0, 0.1) is 0 Å². The number of rotatable bonds is 10. The molecule has 1 aliphatic rings. The molecular weight excluding hydrogens is 392 g/mol. The molecule has 3 rings (SSSR count). The number of benzene rings is 2. The summed E-state index contributed by atoms with van der Waals surface area (Å²) in [6.07, 6.45) is 1.19. The molecule has 0 spiro atoms. The highest BCUT2D eigenvalue weighted by Gasteiger charge is 2.39. The first-order valence-electron chi connectivity index (χ1n) is 10.8. The molecule has 4 unspecified atom stereocenters. The molecule has 2 aromatic rings. The predicted molar refractivity (Wildman–Crippen MR) is 122 cm³/mol. The highest BCUT2D eigenvalue weighted by atomic mass is 16.8. The van der Waals surface area contributed by atoms with Crippen molar-refractivity contribution in [3.05, 3.63) is 71.8 Å². The molecule has 31 heavy (non-hydrogen) atoms. The van der Waals surface area contributed by atoms with Crippen LogP contribution < -0.4 is 10.9 Å². The molecule has 1 heterocycles. The van der Waals surface area contributed by atoms with E-state index in [0.29, 0.717) is 0 Å². The van der Waals surface area contributed by atoms with Gasteiger partial charge in [0.25, 0.3) is 0 Å². The van der Waals surface area contributed by atoms with E-state index in [1.54, 1.807) is 0 Å². The lowest BCUT2D eigenvalue weighted by atomic mass is 9.91. The highest BCUT2D eigenvalue weighted by molar-refractivity contribution is 5.18. The van der Waals surface area contributed by atoms with E-state index >= 15 is 0 Å². The number of hydrazine groups is 2. The van der Waals surface area contributed by atoms with E-state index in [2.05, 4.69) is 59.4 Å². The second-order valence-corrected chi connectivity index (χ2v) is 8.34. The molecule has 1 saturated heterocycles. The standard InChI is InChI=1S/C24H36N4O3/c1-27(2)25-21(15-19-11-7-5-8-12-19)23-24(31-18-29-17-30-23)22(26-28(3)4)16-20-13-9-6-10-14-20/h5-14,21-26H,15-18H2,1-4H3. The fourth-order valence-electron chi connectivity index (χ4n) is 4.04. The van der Waals surface area contributed by atoms with Crippen LogP contribution in [0.3, 0.4) is 0 Å². The minimum atomic E-state index is -0.216. The van der Waals surface area contributed by atoms with E-state index < -0.39 is 0 Å². The van der Waals surface area contributed by atoms with Crippen molar-refractivity contribution in [1.29, 1.82) is 0 Å². The summed E-state index contributed by atoms with van der Waals surface area (Å²) < 4.78 is 18.1. The lowest BCUT2D eigenvalue weighted by molar-refractivity contribution is -0.0928. The van der Waals surface area contributed by atoms with Gasteiger partial charge in [0.1, 0.15) is 25.8 Å². The summed E-state index contributed by atoms with van der Waals surface area (Å²) in [5, 5.41) is 3.96. The zero-order valence-corrected chi connectivity index (χ0v) is 19.0. The third-order valence-electron chi connectivity index (χ3n) is 5.25. The molecule has 1 fully saturated rings. The second-order valence-electron chi connectivity index (χ2n) is 8.34. The molecule has 0 bridgehead atoms. The molecule has 2 aromatic carbocycles. The normalized spacial score (nSPS) is 21.7. The summed E-state index contributed by atoms with van der Waals surface area (Å²) in [4.78, 5) is 0.